The Bertz CT molecular complexity index is 602. The van der Waals surface area contributed by atoms with E-state index in [1.54, 1.807) is 19.1 Å². The van der Waals surface area contributed by atoms with E-state index in [2.05, 4.69) is 10.5 Å². The number of hydrogen-bond acceptors (Lipinski definition) is 5. The number of carboxylic acid groups (broad SMARTS) is 1. The third kappa shape index (κ3) is 3.65. The zero-order chi connectivity index (χ0) is 13.8. The predicted octanol–water partition coefficient (Wildman–Crippen LogP) is 1.60. The lowest BCUT2D eigenvalue weighted by atomic mass is 10.3. The highest BCUT2D eigenvalue weighted by Crippen LogP contribution is 2.16. The van der Waals surface area contributed by atoms with Gasteiger partial charge >= 0.3 is 5.97 Å². The number of carbonyl (C=O) groups excluding carboxylic acids is 1. The van der Waals surface area contributed by atoms with E-state index in [-0.39, 0.29) is 17.2 Å². The van der Waals surface area contributed by atoms with Crippen LogP contribution in [0.15, 0.2) is 22.7 Å². The van der Waals surface area contributed by atoms with Crippen LogP contribution in [0.3, 0.4) is 0 Å². The standard InChI is InChI=1S/C12H12N2O4S/c1-7-4-8(14-18-7)5-11(15)13-6-9-2-3-10(19-9)12(16)17/h2-4H,5-6H2,1H3,(H,13,15)(H,16,17). The fraction of sp³-hybridized carbons (Fsp3) is 0.250. The number of nitrogens with zero attached hydrogens (tertiary/aromatic N) is 1. The van der Waals surface area contributed by atoms with Crippen LogP contribution in [-0.4, -0.2) is 22.1 Å². The number of aromatic nitrogens is 1. The molecule has 0 spiro atoms. The Balaban J connectivity index is 1.84. The highest BCUT2D eigenvalue weighted by atomic mass is 32.1. The molecule has 2 heterocycles. The largest absolute Gasteiger partial charge is 0.477 e. The van der Waals surface area contributed by atoms with Crippen LogP contribution in [-0.2, 0) is 17.8 Å². The second kappa shape index (κ2) is 5.66. The Kier molecular flexibility index (Phi) is 3.96. The van der Waals surface area contributed by atoms with Gasteiger partial charge in [-0.3, -0.25) is 4.79 Å². The lowest BCUT2D eigenvalue weighted by Gasteiger charge is -2.01. The van der Waals surface area contributed by atoms with Gasteiger partial charge in [0.15, 0.2) is 0 Å². The first-order chi connectivity index (χ1) is 9.04. The number of rotatable bonds is 5. The Morgan fingerprint density at radius 3 is 2.84 bits per heavy atom. The summed E-state index contributed by atoms with van der Waals surface area (Å²) in [6.07, 6.45) is 0.147. The maximum absolute atomic E-state index is 11.6. The summed E-state index contributed by atoms with van der Waals surface area (Å²) in [7, 11) is 0. The molecule has 1 amide bonds. The fourth-order valence-corrected chi connectivity index (χ4v) is 2.29. The van der Waals surface area contributed by atoms with Gasteiger partial charge in [0.25, 0.3) is 0 Å². The molecule has 2 aromatic rings. The van der Waals surface area contributed by atoms with Crippen molar-refractivity contribution in [1.29, 1.82) is 0 Å². The van der Waals surface area contributed by atoms with E-state index in [1.807, 2.05) is 0 Å². The van der Waals surface area contributed by atoms with Gasteiger partial charge in [-0.15, -0.1) is 11.3 Å². The van der Waals surface area contributed by atoms with Gasteiger partial charge in [-0.2, -0.15) is 0 Å². The quantitative estimate of drug-likeness (QED) is 0.867. The van der Waals surface area contributed by atoms with E-state index in [1.165, 1.54) is 6.07 Å². The molecule has 0 unspecified atom stereocenters. The maximum Gasteiger partial charge on any atom is 0.345 e. The van der Waals surface area contributed by atoms with Gasteiger partial charge in [0.05, 0.1) is 18.7 Å². The van der Waals surface area contributed by atoms with E-state index >= 15 is 0 Å². The lowest BCUT2D eigenvalue weighted by Crippen LogP contribution is -2.24. The first-order valence-corrected chi connectivity index (χ1v) is 6.37. The van der Waals surface area contributed by atoms with Crippen molar-refractivity contribution in [2.45, 2.75) is 19.9 Å². The minimum Gasteiger partial charge on any atom is -0.477 e. The van der Waals surface area contributed by atoms with E-state index in [9.17, 15) is 9.59 Å². The van der Waals surface area contributed by atoms with Gasteiger partial charge in [-0.25, -0.2) is 4.79 Å². The van der Waals surface area contributed by atoms with Crippen LogP contribution in [0.1, 0.15) is 26.0 Å². The number of aromatic carboxylic acids is 1. The first-order valence-electron chi connectivity index (χ1n) is 5.55. The minimum atomic E-state index is -0.958. The molecular formula is C12H12N2O4S. The summed E-state index contributed by atoms with van der Waals surface area (Å²) in [5.74, 6) is -0.480. The average Bonchev–Trinajstić information content (AvgIpc) is 2.96. The molecule has 0 atom stereocenters. The molecule has 7 heteroatoms. The molecule has 0 saturated carbocycles. The van der Waals surface area contributed by atoms with Crippen molar-refractivity contribution in [2.75, 3.05) is 0 Å². The topological polar surface area (TPSA) is 92.4 Å². The summed E-state index contributed by atoms with van der Waals surface area (Å²) in [5, 5.41) is 15.2. The summed E-state index contributed by atoms with van der Waals surface area (Å²) < 4.78 is 4.86. The van der Waals surface area contributed by atoms with Crippen LogP contribution in [0, 0.1) is 6.92 Å². The first kappa shape index (κ1) is 13.3. The van der Waals surface area contributed by atoms with Gasteiger partial charge in [0.1, 0.15) is 10.6 Å². The summed E-state index contributed by atoms with van der Waals surface area (Å²) >= 11 is 1.14. The Morgan fingerprint density at radius 2 is 2.26 bits per heavy atom. The van der Waals surface area contributed by atoms with Gasteiger partial charge < -0.3 is 14.9 Å². The SMILES string of the molecule is Cc1cc(CC(=O)NCc2ccc(C(=O)O)s2)no1. The summed E-state index contributed by atoms with van der Waals surface area (Å²) in [4.78, 5) is 23.4. The van der Waals surface area contributed by atoms with Crippen LogP contribution in [0.4, 0.5) is 0 Å². The van der Waals surface area contributed by atoms with Crippen LogP contribution >= 0.6 is 11.3 Å². The fourth-order valence-electron chi connectivity index (χ4n) is 1.50. The third-order valence-electron chi connectivity index (χ3n) is 2.35. The Hall–Kier alpha value is -2.15. The second-order valence-electron chi connectivity index (χ2n) is 3.95. The van der Waals surface area contributed by atoms with E-state index in [4.69, 9.17) is 9.63 Å². The van der Waals surface area contributed by atoms with Gasteiger partial charge in [0.2, 0.25) is 5.91 Å². The van der Waals surface area contributed by atoms with Crippen molar-refractivity contribution in [1.82, 2.24) is 10.5 Å². The van der Waals surface area contributed by atoms with Crippen molar-refractivity contribution >= 4 is 23.2 Å². The zero-order valence-corrected chi connectivity index (χ0v) is 11.0. The number of carbonyl (C=O) groups is 2. The van der Waals surface area contributed by atoms with Crippen molar-refractivity contribution in [3.63, 3.8) is 0 Å². The molecule has 6 nitrogen and oxygen atoms in total. The number of hydrogen-bond donors (Lipinski definition) is 2. The lowest BCUT2D eigenvalue weighted by molar-refractivity contribution is -0.120. The maximum atomic E-state index is 11.6. The molecule has 0 aliphatic carbocycles. The van der Waals surface area contributed by atoms with Crippen molar-refractivity contribution < 1.29 is 19.2 Å². The monoisotopic (exact) mass is 280 g/mol. The smallest absolute Gasteiger partial charge is 0.345 e. The Labute approximate surface area is 113 Å². The van der Waals surface area contributed by atoms with Crippen molar-refractivity contribution in [3.8, 4) is 0 Å². The van der Waals surface area contributed by atoms with Crippen molar-refractivity contribution in [3.05, 3.63) is 39.4 Å². The summed E-state index contributed by atoms with van der Waals surface area (Å²) in [6, 6.07) is 4.91. The molecule has 0 aliphatic rings. The Morgan fingerprint density at radius 1 is 1.47 bits per heavy atom. The molecule has 0 radical (unpaired) electrons. The number of amides is 1. The molecule has 100 valence electrons. The molecule has 0 bridgehead atoms. The molecule has 19 heavy (non-hydrogen) atoms. The van der Waals surface area contributed by atoms with Crippen molar-refractivity contribution in [2.24, 2.45) is 0 Å². The summed E-state index contributed by atoms with van der Waals surface area (Å²) in [6.45, 7) is 2.07. The zero-order valence-electron chi connectivity index (χ0n) is 10.2. The summed E-state index contributed by atoms with van der Waals surface area (Å²) in [5.41, 5.74) is 0.576. The number of nitrogens with one attached hydrogen (secondary N) is 1. The molecule has 2 aromatic heterocycles. The molecule has 2 rings (SSSR count). The highest BCUT2D eigenvalue weighted by Gasteiger charge is 2.10. The van der Waals surface area contributed by atoms with Crippen LogP contribution in [0.5, 0.6) is 0 Å². The van der Waals surface area contributed by atoms with Gasteiger partial charge in [-0.1, -0.05) is 5.16 Å². The van der Waals surface area contributed by atoms with E-state index < -0.39 is 5.97 Å². The number of carboxylic acids is 1. The molecule has 0 saturated heterocycles. The van der Waals surface area contributed by atoms with Crippen LogP contribution < -0.4 is 5.32 Å². The number of thiophene rings is 1. The predicted molar refractivity (Wildman–Crippen MR) is 68.1 cm³/mol. The van der Waals surface area contributed by atoms with E-state index in [0.29, 0.717) is 18.0 Å². The molecule has 0 aliphatic heterocycles. The van der Waals surface area contributed by atoms with Gasteiger partial charge in [0, 0.05) is 10.9 Å². The normalized spacial score (nSPS) is 10.4. The van der Waals surface area contributed by atoms with Crippen LogP contribution in [0.25, 0.3) is 0 Å². The average molecular weight is 280 g/mol. The third-order valence-corrected chi connectivity index (χ3v) is 3.42. The molecule has 2 N–H and O–H groups in total. The minimum absolute atomic E-state index is 0.147. The number of aryl methyl sites for hydroxylation is 1. The highest BCUT2D eigenvalue weighted by molar-refractivity contribution is 7.13. The molecule has 0 fully saturated rings. The second-order valence-corrected chi connectivity index (χ2v) is 5.12. The van der Waals surface area contributed by atoms with Crippen LogP contribution in [0.2, 0.25) is 0 Å². The van der Waals surface area contributed by atoms with E-state index in [0.717, 1.165) is 16.2 Å². The molecular weight excluding hydrogens is 268 g/mol. The molecule has 0 aromatic carbocycles. The van der Waals surface area contributed by atoms with Gasteiger partial charge in [-0.05, 0) is 19.1 Å².